The van der Waals surface area contributed by atoms with Gasteiger partial charge in [0.05, 0.1) is 20.1 Å². The van der Waals surface area contributed by atoms with Crippen LogP contribution >= 0.6 is 11.6 Å². The van der Waals surface area contributed by atoms with Crippen LogP contribution in [-0.2, 0) is 0 Å². The molecule has 2 unspecified atom stereocenters. The summed E-state index contributed by atoms with van der Waals surface area (Å²) in [6.07, 6.45) is 2.75. The summed E-state index contributed by atoms with van der Waals surface area (Å²) in [6, 6.07) is 0.782. The predicted octanol–water partition coefficient (Wildman–Crippen LogP) is 2.06. The van der Waals surface area contributed by atoms with Crippen molar-refractivity contribution >= 4 is 11.6 Å². The molecule has 2 atom stereocenters. The third-order valence-corrected chi connectivity index (χ3v) is 3.01. The van der Waals surface area contributed by atoms with Gasteiger partial charge in [0.25, 0.3) is 0 Å². The third kappa shape index (κ3) is 1.86. The zero-order chi connectivity index (χ0) is 7.61. The molecule has 0 aromatic heterocycles. The first-order valence-corrected chi connectivity index (χ1v) is 4.59. The third-order valence-electron chi connectivity index (χ3n) is 2.44. The highest BCUT2D eigenvalue weighted by molar-refractivity contribution is 6.16. The molecule has 2 heteroatoms. The first-order chi connectivity index (χ1) is 4.66. The number of alkyl halides is 1. The van der Waals surface area contributed by atoms with Gasteiger partial charge in [-0.15, -0.1) is 0 Å². The van der Waals surface area contributed by atoms with Crippen LogP contribution in [0.4, 0.5) is 0 Å². The molecule has 0 spiro atoms. The van der Waals surface area contributed by atoms with Crippen molar-refractivity contribution in [3.63, 3.8) is 0 Å². The van der Waals surface area contributed by atoms with E-state index in [9.17, 15) is 0 Å². The van der Waals surface area contributed by atoms with E-state index in [0.717, 1.165) is 16.4 Å². The number of hydrogen-bond donors (Lipinski definition) is 0. The van der Waals surface area contributed by atoms with Gasteiger partial charge in [-0.2, -0.15) is 0 Å². The molecule has 1 saturated heterocycles. The van der Waals surface area contributed by atoms with Crippen LogP contribution in [0.1, 0.15) is 19.8 Å². The van der Waals surface area contributed by atoms with Gasteiger partial charge in [0.2, 0.25) is 0 Å². The number of halogens is 1. The maximum absolute atomic E-state index is 5.86. The van der Waals surface area contributed by atoms with Crippen molar-refractivity contribution in [1.29, 1.82) is 0 Å². The van der Waals surface area contributed by atoms with Crippen molar-refractivity contribution in [2.24, 2.45) is 5.92 Å². The fourth-order valence-electron chi connectivity index (χ4n) is 1.87. The molecule has 10 heavy (non-hydrogen) atoms. The Morgan fingerprint density at radius 2 is 2.30 bits per heavy atom. The van der Waals surface area contributed by atoms with Crippen LogP contribution in [0, 0.1) is 5.92 Å². The average Bonchev–Trinajstić information content (AvgIpc) is 1.88. The Morgan fingerprint density at radius 1 is 1.60 bits per heavy atom. The smallest absolute Gasteiger partial charge is 0.154 e. The van der Waals surface area contributed by atoms with Gasteiger partial charge in [-0.05, 0) is 12.8 Å². The van der Waals surface area contributed by atoms with E-state index >= 15 is 0 Å². The molecular weight excluding hydrogens is 146 g/mol. The first-order valence-electron chi connectivity index (χ1n) is 4.06. The van der Waals surface area contributed by atoms with Gasteiger partial charge < -0.3 is 4.48 Å². The highest BCUT2D eigenvalue weighted by atomic mass is 35.5. The van der Waals surface area contributed by atoms with Crippen LogP contribution in [0.15, 0.2) is 0 Å². The largest absolute Gasteiger partial charge is 0.313 e. The minimum Gasteiger partial charge on any atom is -0.313 e. The summed E-state index contributed by atoms with van der Waals surface area (Å²) >= 11 is 5.86. The van der Waals surface area contributed by atoms with Gasteiger partial charge in [-0.1, -0.05) is 18.5 Å². The predicted molar refractivity (Wildman–Crippen MR) is 45.0 cm³/mol. The molecule has 1 fully saturated rings. The van der Waals surface area contributed by atoms with Crippen molar-refractivity contribution in [2.75, 3.05) is 26.1 Å². The molecule has 1 rings (SSSR count). The summed E-state index contributed by atoms with van der Waals surface area (Å²) in [5, 5.41) is 0. The van der Waals surface area contributed by atoms with E-state index in [1.165, 1.54) is 25.9 Å². The second-order valence-corrected chi connectivity index (χ2v) is 4.13. The quantitative estimate of drug-likeness (QED) is 0.315. The molecule has 0 aliphatic carbocycles. The minimum absolute atomic E-state index is 0.782. The lowest BCUT2D eigenvalue weighted by molar-refractivity contribution is -0.906. The maximum Gasteiger partial charge on any atom is 0.154 e. The zero-order valence-electron chi connectivity index (χ0n) is 6.94. The first kappa shape index (κ1) is 8.35. The zero-order valence-corrected chi connectivity index (χ0v) is 7.69. The highest BCUT2D eigenvalue weighted by Crippen LogP contribution is 2.21. The molecule has 1 nitrogen and oxygen atoms in total. The van der Waals surface area contributed by atoms with E-state index in [-0.39, 0.29) is 0 Å². The number of piperidine rings is 1. The van der Waals surface area contributed by atoms with Gasteiger partial charge in [-0.25, -0.2) is 0 Å². The molecule has 0 bridgehead atoms. The Labute approximate surface area is 68.6 Å². The van der Waals surface area contributed by atoms with Crippen molar-refractivity contribution in [2.45, 2.75) is 19.8 Å². The van der Waals surface area contributed by atoms with E-state index in [2.05, 4.69) is 14.0 Å². The molecule has 0 N–H and O–H groups in total. The van der Waals surface area contributed by atoms with Gasteiger partial charge >= 0.3 is 0 Å². The lowest BCUT2D eigenvalue weighted by atomic mass is 9.99. The van der Waals surface area contributed by atoms with Gasteiger partial charge in [0.1, 0.15) is 0 Å². The Morgan fingerprint density at radius 3 is 2.70 bits per heavy atom. The number of quaternary nitrogens is 1. The molecule has 1 aliphatic heterocycles. The van der Waals surface area contributed by atoms with Crippen molar-refractivity contribution in [3.8, 4) is 0 Å². The summed E-state index contributed by atoms with van der Waals surface area (Å²) in [4.78, 5) is 0. The molecular formula is C8H17ClN+. The maximum atomic E-state index is 5.86. The molecule has 60 valence electrons. The Kier molecular flexibility index (Phi) is 2.59. The summed E-state index contributed by atoms with van der Waals surface area (Å²) in [5.41, 5.74) is 0. The number of hydrogen-bond acceptors (Lipinski definition) is 0. The summed E-state index contributed by atoms with van der Waals surface area (Å²) < 4.78 is 1.07. The van der Waals surface area contributed by atoms with Gasteiger partial charge in [0.15, 0.2) is 6.00 Å². The molecule has 0 amide bonds. The van der Waals surface area contributed by atoms with Crippen molar-refractivity contribution < 1.29 is 4.48 Å². The van der Waals surface area contributed by atoms with E-state index in [1.54, 1.807) is 0 Å². The van der Waals surface area contributed by atoms with Crippen LogP contribution in [0.3, 0.4) is 0 Å². The van der Waals surface area contributed by atoms with Crippen LogP contribution < -0.4 is 0 Å². The Balaban J connectivity index is 2.45. The van der Waals surface area contributed by atoms with Crippen LogP contribution in [0.2, 0.25) is 0 Å². The molecule has 0 aromatic rings. The van der Waals surface area contributed by atoms with Crippen molar-refractivity contribution in [3.05, 3.63) is 0 Å². The van der Waals surface area contributed by atoms with Crippen molar-refractivity contribution in [1.82, 2.24) is 0 Å². The molecule has 0 radical (unpaired) electrons. The average molecular weight is 163 g/mol. The summed E-state index contributed by atoms with van der Waals surface area (Å²) in [5.74, 6) is 0.873. The lowest BCUT2D eigenvalue weighted by Crippen LogP contribution is -2.49. The standard InChI is InChI=1S/C8H17ClN/c1-8-4-3-5-10(2,6-8)7-9/h8H,3-7H2,1-2H3/q+1. The molecule has 1 aliphatic rings. The SMILES string of the molecule is CC1CCC[N+](C)(CCl)C1. The minimum atomic E-state index is 0.782. The number of likely N-dealkylation sites (tertiary alicyclic amines) is 1. The molecule has 1 heterocycles. The van der Waals surface area contributed by atoms with E-state index in [1.807, 2.05) is 0 Å². The fourth-order valence-corrected chi connectivity index (χ4v) is 2.08. The van der Waals surface area contributed by atoms with Crippen LogP contribution in [-0.4, -0.2) is 30.6 Å². The fraction of sp³-hybridized carbons (Fsp3) is 1.00. The lowest BCUT2D eigenvalue weighted by Gasteiger charge is -2.38. The van der Waals surface area contributed by atoms with Gasteiger partial charge in [-0.3, -0.25) is 0 Å². The topological polar surface area (TPSA) is 0 Å². The molecule has 0 saturated carbocycles. The van der Waals surface area contributed by atoms with E-state index < -0.39 is 0 Å². The number of nitrogens with zero attached hydrogens (tertiary/aromatic N) is 1. The van der Waals surface area contributed by atoms with E-state index in [0.29, 0.717) is 0 Å². The number of rotatable bonds is 1. The van der Waals surface area contributed by atoms with Crippen LogP contribution in [0.25, 0.3) is 0 Å². The van der Waals surface area contributed by atoms with Crippen LogP contribution in [0.5, 0.6) is 0 Å². The second kappa shape index (κ2) is 3.10. The Bertz CT molecular complexity index is 116. The second-order valence-electron chi connectivity index (χ2n) is 3.89. The highest BCUT2D eigenvalue weighted by Gasteiger charge is 2.27. The van der Waals surface area contributed by atoms with Gasteiger partial charge in [0, 0.05) is 5.92 Å². The van der Waals surface area contributed by atoms with E-state index in [4.69, 9.17) is 11.6 Å². The molecule has 0 aromatic carbocycles. The Hall–Kier alpha value is 0.250. The summed E-state index contributed by atoms with van der Waals surface area (Å²) in [6.45, 7) is 4.86. The normalized spacial score (nSPS) is 41.7. The monoisotopic (exact) mass is 162 g/mol. The summed E-state index contributed by atoms with van der Waals surface area (Å²) in [7, 11) is 2.25.